The summed E-state index contributed by atoms with van der Waals surface area (Å²) in [7, 11) is -15.1. The molecule has 60 heavy (non-hydrogen) atoms. The van der Waals surface area contributed by atoms with Gasteiger partial charge in [0.05, 0.1) is 26.7 Å². The van der Waals surface area contributed by atoms with Gasteiger partial charge in [0.25, 0.3) is 5.91 Å². The number of rotatable bonds is 10. The number of amides is 1. The average molecular weight is 904 g/mol. The molecule has 1 amide bonds. The second-order valence-corrected chi connectivity index (χ2v) is 22.5. The first-order valence-electron chi connectivity index (χ1n) is 19.3. The summed E-state index contributed by atoms with van der Waals surface area (Å²) in [5.41, 5.74) is 3.20. The number of hydroxylamine groups is 2. The Kier molecular flexibility index (Phi) is 15.1. The van der Waals surface area contributed by atoms with E-state index in [1.807, 2.05) is 6.92 Å². The number of nitrogens with zero attached hydrogens (tertiary/aromatic N) is 5. The first-order chi connectivity index (χ1) is 28.2. The molecule has 1 saturated heterocycles. The molecule has 4 aromatic rings. The maximum atomic E-state index is 14.7. The summed E-state index contributed by atoms with van der Waals surface area (Å²) in [6, 6.07) is 22.6. The summed E-state index contributed by atoms with van der Waals surface area (Å²) < 4.78 is 120. The predicted molar refractivity (Wildman–Crippen MR) is 228 cm³/mol. The van der Waals surface area contributed by atoms with E-state index in [-0.39, 0.29) is 65.1 Å². The van der Waals surface area contributed by atoms with Gasteiger partial charge in [-0.2, -0.15) is 17.2 Å². The number of benzene rings is 4. The van der Waals surface area contributed by atoms with Crippen LogP contribution in [0.1, 0.15) is 35.1 Å². The largest absolute Gasteiger partial charge is 0.275 e. The van der Waals surface area contributed by atoms with Crippen molar-refractivity contribution in [3.8, 4) is 0 Å². The predicted octanol–water partition coefficient (Wildman–Crippen LogP) is 4.17. The topological polar surface area (TPSA) is 179 Å². The van der Waals surface area contributed by atoms with Gasteiger partial charge in [-0.15, -0.1) is 0 Å². The van der Waals surface area contributed by atoms with E-state index in [1.54, 1.807) is 69.3 Å². The minimum Gasteiger partial charge on any atom is -0.275 e. The maximum absolute atomic E-state index is 14.7. The van der Waals surface area contributed by atoms with Crippen LogP contribution in [0.25, 0.3) is 0 Å². The highest BCUT2D eigenvalue weighted by molar-refractivity contribution is 7.90. The molecule has 15 nitrogen and oxygen atoms in total. The van der Waals surface area contributed by atoms with Gasteiger partial charge in [-0.25, -0.2) is 38.7 Å². The third kappa shape index (κ3) is 10.7. The molecule has 0 saturated carbocycles. The number of carbonyl (C=O) groups is 1. The number of likely N-dealkylation sites (N-methyl/N-ethyl adjacent to an activating group) is 1. The molecule has 1 fully saturated rings. The Hall–Kier alpha value is -4.05. The van der Waals surface area contributed by atoms with Crippen LogP contribution in [0.3, 0.4) is 0 Å². The van der Waals surface area contributed by atoms with E-state index < -0.39 is 65.1 Å². The fourth-order valence-corrected chi connectivity index (χ4v) is 12.8. The molecule has 0 bridgehead atoms. The highest BCUT2D eigenvalue weighted by atomic mass is 32.2. The molecule has 0 spiro atoms. The average Bonchev–Trinajstić information content (AvgIpc) is 3.21. The molecule has 1 aliphatic heterocycles. The van der Waals surface area contributed by atoms with Crippen LogP contribution in [0.5, 0.6) is 0 Å². The van der Waals surface area contributed by atoms with Gasteiger partial charge < -0.3 is 0 Å². The number of hydrogen-bond donors (Lipinski definition) is 0. The summed E-state index contributed by atoms with van der Waals surface area (Å²) in [5.74, 6) is -0.892. The lowest BCUT2D eigenvalue weighted by Crippen LogP contribution is -2.56. The molecular formula is C41H53N5O10S4. The van der Waals surface area contributed by atoms with E-state index in [0.29, 0.717) is 0 Å². The minimum atomic E-state index is -4.58. The van der Waals surface area contributed by atoms with E-state index in [2.05, 4.69) is 0 Å². The molecular weight excluding hydrogens is 851 g/mol. The Morgan fingerprint density at radius 2 is 0.783 bits per heavy atom. The summed E-state index contributed by atoms with van der Waals surface area (Å²) in [6.45, 7) is 4.53. The van der Waals surface area contributed by atoms with Crippen LogP contribution in [0, 0.1) is 27.7 Å². The molecule has 0 aromatic heterocycles. The van der Waals surface area contributed by atoms with Gasteiger partial charge in [-0.3, -0.25) is 9.63 Å². The zero-order valence-electron chi connectivity index (χ0n) is 34.6. The summed E-state index contributed by atoms with van der Waals surface area (Å²) >= 11 is 0. The normalized spacial score (nSPS) is 18.1. The monoisotopic (exact) mass is 903 g/mol. The van der Waals surface area contributed by atoms with Gasteiger partial charge in [0, 0.05) is 52.9 Å². The quantitative estimate of drug-likeness (QED) is 0.210. The van der Waals surface area contributed by atoms with E-state index in [9.17, 15) is 38.5 Å². The number of aryl methyl sites for hydroxylation is 4. The van der Waals surface area contributed by atoms with E-state index in [1.165, 1.54) is 62.7 Å². The number of sulfonamides is 4. The first-order valence-corrected chi connectivity index (χ1v) is 25.1. The fourth-order valence-electron chi connectivity index (χ4n) is 6.72. The molecule has 1 heterocycles. The lowest BCUT2D eigenvalue weighted by Gasteiger charge is -2.36. The molecule has 1 unspecified atom stereocenters. The van der Waals surface area contributed by atoms with Crippen molar-refractivity contribution in [2.24, 2.45) is 0 Å². The molecule has 0 aliphatic carbocycles. The smallest absolute Gasteiger partial charge is 0.265 e. The summed E-state index contributed by atoms with van der Waals surface area (Å²) in [6.07, 6.45) is -0.293. The number of carbonyl (C=O) groups excluding carboxylic acids is 1. The fraction of sp³-hybridized carbons (Fsp3) is 0.390. The minimum absolute atomic E-state index is 0.0310. The van der Waals surface area contributed by atoms with Crippen molar-refractivity contribution in [1.82, 2.24) is 22.3 Å². The second kappa shape index (κ2) is 19.3. The molecule has 5 rings (SSSR count). The van der Waals surface area contributed by atoms with Crippen molar-refractivity contribution >= 4 is 46.0 Å². The van der Waals surface area contributed by atoms with Crippen molar-refractivity contribution in [3.63, 3.8) is 0 Å². The van der Waals surface area contributed by atoms with E-state index >= 15 is 0 Å². The lowest BCUT2D eigenvalue weighted by molar-refractivity contribution is -0.173. The Bertz CT molecular complexity index is 2560. The lowest BCUT2D eigenvalue weighted by atomic mass is 10.2. The molecule has 1 aliphatic rings. The van der Waals surface area contributed by atoms with Crippen LogP contribution in [0.2, 0.25) is 0 Å². The zero-order chi connectivity index (χ0) is 44.0. The van der Waals surface area contributed by atoms with Crippen LogP contribution < -0.4 is 0 Å². The summed E-state index contributed by atoms with van der Waals surface area (Å²) in [4.78, 5) is 19.2. The zero-order valence-corrected chi connectivity index (χ0v) is 37.9. The van der Waals surface area contributed by atoms with Gasteiger partial charge in [-0.05, 0) is 89.1 Å². The van der Waals surface area contributed by atoms with Gasteiger partial charge in [0.15, 0.2) is 0 Å². The van der Waals surface area contributed by atoms with Crippen LogP contribution in [-0.2, 0) is 49.7 Å². The molecule has 19 heteroatoms. The van der Waals surface area contributed by atoms with Crippen molar-refractivity contribution in [3.05, 3.63) is 119 Å². The molecule has 326 valence electrons. The second-order valence-electron chi connectivity index (χ2n) is 14.8. The first kappa shape index (κ1) is 47.0. The van der Waals surface area contributed by atoms with Gasteiger partial charge >= 0.3 is 0 Å². The Morgan fingerprint density at radius 3 is 1.13 bits per heavy atom. The van der Waals surface area contributed by atoms with Gasteiger partial charge in [0.2, 0.25) is 40.1 Å². The summed E-state index contributed by atoms with van der Waals surface area (Å²) in [5, 5.41) is 0.812. The SMILES string of the molecule is CON(C)C(=O)C1CN(S(=O)(=O)c2ccc(C)cc2)CCCN(S(=O)(=O)c2ccc(C)cc2)CCN(S(=O)(=O)c2ccc(C)cc2)CCCN1S(=O)(=O)c1ccc(C)cc1. The highest BCUT2D eigenvalue weighted by Gasteiger charge is 2.42. The molecule has 4 aromatic carbocycles. The van der Waals surface area contributed by atoms with Crippen molar-refractivity contribution < 1.29 is 43.3 Å². The van der Waals surface area contributed by atoms with Gasteiger partial charge in [-0.1, -0.05) is 70.8 Å². The van der Waals surface area contributed by atoms with Crippen molar-refractivity contribution in [2.75, 3.05) is 60.0 Å². The molecule has 0 radical (unpaired) electrons. The molecule has 0 N–H and O–H groups in total. The maximum Gasteiger partial charge on any atom is 0.265 e. The molecule has 1 atom stereocenters. The van der Waals surface area contributed by atoms with E-state index in [0.717, 1.165) is 44.5 Å². The highest BCUT2D eigenvalue weighted by Crippen LogP contribution is 2.27. The standard InChI is InChI=1S/C41H53N5O10S4/c1-32-9-17-36(18-10-32)57(48,49)43-25-7-27-45(59(52,53)38-21-13-34(3)14-22-38)31-40(41(47)42(5)56-6)46(60(54,55)39-23-15-35(4)16-24-39)28-8-26-44(30-29-43)58(50,51)37-19-11-33(2)12-20-37/h9-24,40H,7-8,25-31H2,1-6H3. The van der Waals surface area contributed by atoms with Crippen LogP contribution in [-0.4, -0.2) is 128 Å². The van der Waals surface area contributed by atoms with Crippen LogP contribution >= 0.6 is 0 Å². The Balaban J connectivity index is 1.68. The van der Waals surface area contributed by atoms with Crippen LogP contribution in [0.15, 0.2) is 117 Å². The third-order valence-electron chi connectivity index (χ3n) is 10.4. The Morgan fingerprint density at radius 1 is 0.483 bits per heavy atom. The number of hydrogen-bond acceptors (Lipinski definition) is 10. The van der Waals surface area contributed by atoms with Gasteiger partial charge in [0.1, 0.15) is 6.04 Å². The Labute approximate surface area is 355 Å². The van der Waals surface area contributed by atoms with Crippen molar-refractivity contribution in [2.45, 2.75) is 66.2 Å². The van der Waals surface area contributed by atoms with Crippen molar-refractivity contribution in [1.29, 1.82) is 0 Å². The third-order valence-corrected chi connectivity index (χ3v) is 18.0. The van der Waals surface area contributed by atoms with E-state index in [4.69, 9.17) is 4.84 Å². The van der Waals surface area contributed by atoms with Crippen LogP contribution in [0.4, 0.5) is 0 Å².